The average Bonchev–Trinajstić information content (AvgIpc) is 2.59. The van der Waals surface area contributed by atoms with Crippen molar-refractivity contribution in [2.24, 2.45) is 5.73 Å². The molecule has 0 saturated heterocycles. The first kappa shape index (κ1) is 10.8. The molecular formula is C8H10N4O3S. The Bertz CT molecular complexity index is 698. The normalized spacial score (nSPS) is 12.1. The summed E-state index contributed by atoms with van der Waals surface area (Å²) in [6, 6.07) is 1.55. The molecule has 7 nitrogen and oxygen atoms in total. The van der Waals surface area contributed by atoms with Crippen LogP contribution in [0.1, 0.15) is 5.69 Å². The van der Waals surface area contributed by atoms with E-state index in [0.717, 1.165) is 6.26 Å². The fraction of sp³-hybridized carbons (Fsp3) is 0.250. The van der Waals surface area contributed by atoms with E-state index in [1.54, 1.807) is 6.07 Å². The number of hydrogen-bond acceptors (Lipinski definition) is 5. The molecule has 16 heavy (non-hydrogen) atoms. The molecule has 0 amide bonds. The van der Waals surface area contributed by atoms with Crippen molar-refractivity contribution in [2.75, 3.05) is 6.26 Å². The summed E-state index contributed by atoms with van der Waals surface area (Å²) in [4.78, 5) is 20.4. The van der Waals surface area contributed by atoms with E-state index in [9.17, 15) is 13.2 Å². The smallest absolute Gasteiger partial charge is 0.261 e. The molecule has 0 aliphatic rings. The Labute approximate surface area is 90.6 Å². The highest BCUT2D eigenvalue weighted by atomic mass is 32.2. The number of nitrogens with one attached hydrogen (secondary N) is 2. The summed E-state index contributed by atoms with van der Waals surface area (Å²) in [5.74, 6) is 0. The Kier molecular flexibility index (Phi) is 2.32. The minimum absolute atomic E-state index is 0.226. The molecule has 0 unspecified atom stereocenters. The number of aromatic nitrogens is 3. The van der Waals surface area contributed by atoms with Crippen LogP contribution in [0.4, 0.5) is 0 Å². The van der Waals surface area contributed by atoms with E-state index in [4.69, 9.17) is 5.73 Å². The van der Waals surface area contributed by atoms with Gasteiger partial charge in [-0.05, 0) is 6.07 Å². The van der Waals surface area contributed by atoms with E-state index < -0.39 is 15.4 Å². The van der Waals surface area contributed by atoms with Crippen LogP contribution in [0.25, 0.3) is 11.0 Å². The number of nitrogens with two attached hydrogens (primary N) is 1. The molecule has 0 spiro atoms. The fourth-order valence-electron chi connectivity index (χ4n) is 1.34. The predicted octanol–water partition coefficient (Wildman–Crippen LogP) is -0.887. The SMILES string of the molecule is CS(=O)(=O)c1nc2[nH]c(CN)cc2c(=O)[nH]1. The summed E-state index contributed by atoms with van der Waals surface area (Å²) in [5.41, 5.74) is 5.75. The lowest BCUT2D eigenvalue weighted by atomic mass is 10.3. The minimum Gasteiger partial charge on any atom is -0.342 e. The summed E-state index contributed by atoms with van der Waals surface area (Å²) < 4.78 is 22.5. The van der Waals surface area contributed by atoms with E-state index in [0.29, 0.717) is 11.1 Å². The van der Waals surface area contributed by atoms with Crippen LogP contribution >= 0.6 is 0 Å². The first-order valence-corrected chi connectivity index (χ1v) is 6.33. The summed E-state index contributed by atoms with van der Waals surface area (Å²) in [6.07, 6.45) is 0.976. The summed E-state index contributed by atoms with van der Waals surface area (Å²) in [6.45, 7) is 0.226. The molecule has 0 aromatic carbocycles. The Morgan fingerprint density at radius 1 is 1.44 bits per heavy atom. The Balaban J connectivity index is 2.82. The third kappa shape index (κ3) is 1.72. The van der Waals surface area contributed by atoms with Gasteiger partial charge in [0.15, 0.2) is 0 Å². The molecule has 8 heteroatoms. The van der Waals surface area contributed by atoms with Gasteiger partial charge in [-0.2, -0.15) is 0 Å². The summed E-state index contributed by atoms with van der Waals surface area (Å²) >= 11 is 0. The molecule has 0 saturated carbocycles. The maximum Gasteiger partial charge on any atom is 0.261 e. The zero-order valence-electron chi connectivity index (χ0n) is 8.44. The zero-order valence-corrected chi connectivity index (χ0v) is 9.26. The zero-order chi connectivity index (χ0) is 11.9. The maximum absolute atomic E-state index is 11.6. The van der Waals surface area contributed by atoms with Gasteiger partial charge in [-0.15, -0.1) is 0 Å². The Morgan fingerprint density at radius 3 is 2.69 bits per heavy atom. The predicted molar refractivity (Wildman–Crippen MR) is 57.7 cm³/mol. The molecule has 2 heterocycles. The monoisotopic (exact) mass is 242 g/mol. The Morgan fingerprint density at radius 2 is 2.12 bits per heavy atom. The van der Waals surface area contributed by atoms with Crippen LogP contribution in [0.2, 0.25) is 0 Å². The standard InChI is InChI=1S/C8H10N4O3S/c1-16(14,15)8-11-6-5(7(13)12-8)2-4(3-9)10-6/h2H,3,9H2,1H3,(H2,10,11,12,13). The second-order valence-corrected chi connectivity index (χ2v) is 5.34. The lowest BCUT2D eigenvalue weighted by Gasteiger charge is -1.96. The highest BCUT2D eigenvalue weighted by Crippen LogP contribution is 2.10. The number of rotatable bonds is 2. The van der Waals surface area contributed by atoms with Gasteiger partial charge in [-0.1, -0.05) is 0 Å². The molecule has 0 aliphatic carbocycles. The molecule has 0 aliphatic heterocycles. The van der Waals surface area contributed by atoms with Crippen LogP contribution in [-0.2, 0) is 16.4 Å². The first-order valence-electron chi connectivity index (χ1n) is 4.44. The van der Waals surface area contributed by atoms with E-state index in [1.165, 1.54) is 0 Å². The number of aromatic amines is 2. The van der Waals surface area contributed by atoms with Gasteiger partial charge in [-0.25, -0.2) is 13.4 Å². The van der Waals surface area contributed by atoms with Crippen molar-refractivity contribution in [2.45, 2.75) is 11.7 Å². The van der Waals surface area contributed by atoms with Crippen LogP contribution < -0.4 is 11.3 Å². The van der Waals surface area contributed by atoms with Gasteiger partial charge in [0.2, 0.25) is 15.0 Å². The number of fused-ring (bicyclic) bond motifs is 1. The number of H-pyrrole nitrogens is 2. The highest BCUT2D eigenvalue weighted by molar-refractivity contribution is 7.90. The molecule has 2 aromatic rings. The molecule has 86 valence electrons. The molecule has 2 rings (SSSR count). The highest BCUT2D eigenvalue weighted by Gasteiger charge is 2.14. The van der Waals surface area contributed by atoms with Crippen LogP contribution in [-0.4, -0.2) is 29.6 Å². The van der Waals surface area contributed by atoms with Crippen molar-refractivity contribution in [3.63, 3.8) is 0 Å². The van der Waals surface area contributed by atoms with Crippen LogP contribution in [0.15, 0.2) is 16.0 Å². The quantitative estimate of drug-likeness (QED) is 0.590. The van der Waals surface area contributed by atoms with Gasteiger partial charge >= 0.3 is 0 Å². The fourth-order valence-corrected chi connectivity index (χ4v) is 1.87. The topological polar surface area (TPSA) is 122 Å². The number of sulfone groups is 1. The van der Waals surface area contributed by atoms with Gasteiger partial charge < -0.3 is 10.7 Å². The largest absolute Gasteiger partial charge is 0.342 e. The molecule has 2 aromatic heterocycles. The molecule has 0 bridgehead atoms. The van der Waals surface area contributed by atoms with Crippen molar-refractivity contribution in [3.05, 3.63) is 22.1 Å². The molecular weight excluding hydrogens is 232 g/mol. The van der Waals surface area contributed by atoms with Gasteiger partial charge in [0, 0.05) is 18.5 Å². The number of nitrogens with zero attached hydrogens (tertiary/aromatic N) is 1. The summed E-state index contributed by atoms with van der Waals surface area (Å²) in [7, 11) is -3.53. The maximum atomic E-state index is 11.6. The van der Waals surface area contributed by atoms with Crippen LogP contribution in [0, 0.1) is 0 Å². The van der Waals surface area contributed by atoms with E-state index in [2.05, 4.69) is 15.0 Å². The van der Waals surface area contributed by atoms with Gasteiger partial charge in [0.05, 0.1) is 5.39 Å². The van der Waals surface area contributed by atoms with Gasteiger partial charge in [0.25, 0.3) is 5.56 Å². The van der Waals surface area contributed by atoms with Crippen LogP contribution in [0.3, 0.4) is 0 Å². The van der Waals surface area contributed by atoms with Gasteiger partial charge in [0.1, 0.15) is 5.65 Å². The first-order chi connectivity index (χ1) is 7.41. The van der Waals surface area contributed by atoms with Crippen molar-refractivity contribution in [1.29, 1.82) is 0 Å². The lowest BCUT2D eigenvalue weighted by molar-refractivity contribution is 0.593. The van der Waals surface area contributed by atoms with Crippen molar-refractivity contribution < 1.29 is 8.42 Å². The lowest BCUT2D eigenvalue weighted by Crippen LogP contribution is -2.14. The van der Waals surface area contributed by atoms with Crippen molar-refractivity contribution in [1.82, 2.24) is 15.0 Å². The van der Waals surface area contributed by atoms with E-state index >= 15 is 0 Å². The Hall–Kier alpha value is -1.67. The number of hydrogen-bond donors (Lipinski definition) is 3. The molecule has 0 radical (unpaired) electrons. The second-order valence-electron chi connectivity index (χ2n) is 3.40. The van der Waals surface area contributed by atoms with Crippen molar-refractivity contribution in [3.8, 4) is 0 Å². The molecule has 0 atom stereocenters. The van der Waals surface area contributed by atoms with Crippen LogP contribution in [0.5, 0.6) is 0 Å². The van der Waals surface area contributed by atoms with E-state index in [-0.39, 0.29) is 17.3 Å². The molecule has 0 fully saturated rings. The minimum atomic E-state index is -3.53. The van der Waals surface area contributed by atoms with Gasteiger partial charge in [-0.3, -0.25) is 9.78 Å². The average molecular weight is 242 g/mol. The summed E-state index contributed by atoms with van der Waals surface area (Å²) in [5, 5.41) is -0.0525. The second kappa shape index (κ2) is 3.42. The third-order valence-electron chi connectivity index (χ3n) is 2.10. The molecule has 4 N–H and O–H groups in total. The third-order valence-corrected chi connectivity index (χ3v) is 3.00. The van der Waals surface area contributed by atoms with E-state index in [1.807, 2.05) is 0 Å². The van der Waals surface area contributed by atoms with Crippen molar-refractivity contribution >= 4 is 20.9 Å².